The van der Waals surface area contributed by atoms with E-state index >= 15 is 0 Å². The van der Waals surface area contributed by atoms with Gasteiger partial charge in [-0.05, 0) is 35.6 Å². The normalized spacial score (nSPS) is 12.6. The molecule has 0 fully saturated rings. The number of nitrogens with one attached hydrogen (secondary N) is 1. The van der Waals surface area contributed by atoms with Crippen molar-refractivity contribution in [3.05, 3.63) is 59.7 Å². The summed E-state index contributed by atoms with van der Waals surface area (Å²) in [4.78, 5) is 4.53. The first kappa shape index (κ1) is 15.7. The smallest absolute Gasteiger partial charge is 0.204 e. The van der Waals surface area contributed by atoms with E-state index in [9.17, 15) is 0 Å². The zero-order valence-electron chi connectivity index (χ0n) is 13.9. The Morgan fingerprint density at radius 3 is 2.39 bits per heavy atom. The Labute approximate surface area is 141 Å². The lowest BCUT2D eigenvalue weighted by Crippen LogP contribution is -2.11. The SMILES string of the molecule is C/C(=N/Nc1nc2ccccc2s1)c1ccc(C(C)(C)C)cc1. The van der Waals surface area contributed by atoms with Crippen molar-refractivity contribution >= 4 is 32.4 Å². The highest BCUT2D eigenvalue weighted by molar-refractivity contribution is 7.22. The quantitative estimate of drug-likeness (QED) is 0.515. The monoisotopic (exact) mass is 323 g/mol. The van der Waals surface area contributed by atoms with Crippen molar-refractivity contribution < 1.29 is 0 Å². The van der Waals surface area contributed by atoms with Crippen LogP contribution in [0, 0.1) is 0 Å². The van der Waals surface area contributed by atoms with Crippen LogP contribution in [0.25, 0.3) is 10.2 Å². The molecule has 0 aliphatic heterocycles. The number of thiazole rings is 1. The van der Waals surface area contributed by atoms with Crippen molar-refractivity contribution in [3.63, 3.8) is 0 Å². The summed E-state index contributed by atoms with van der Waals surface area (Å²) in [5.74, 6) is 0. The van der Waals surface area contributed by atoms with Gasteiger partial charge in [-0.1, -0.05) is 68.5 Å². The van der Waals surface area contributed by atoms with Crippen LogP contribution in [-0.2, 0) is 5.41 Å². The molecule has 0 spiro atoms. The molecule has 0 radical (unpaired) electrons. The first-order valence-corrected chi connectivity index (χ1v) is 8.52. The molecular formula is C19H21N3S. The van der Waals surface area contributed by atoms with Gasteiger partial charge in [-0.2, -0.15) is 5.10 Å². The van der Waals surface area contributed by atoms with Crippen LogP contribution < -0.4 is 5.43 Å². The number of nitrogens with zero attached hydrogens (tertiary/aromatic N) is 2. The molecule has 3 rings (SSSR count). The van der Waals surface area contributed by atoms with Crippen molar-refractivity contribution in [1.82, 2.24) is 4.98 Å². The van der Waals surface area contributed by atoms with E-state index < -0.39 is 0 Å². The molecular weight excluding hydrogens is 302 g/mol. The second-order valence-electron chi connectivity index (χ2n) is 6.62. The van der Waals surface area contributed by atoms with Crippen LogP contribution in [0.3, 0.4) is 0 Å². The van der Waals surface area contributed by atoms with Gasteiger partial charge in [-0.3, -0.25) is 5.43 Å². The number of hydrogen-bond acceptors (Lipinski definition) is 4. The first-order chi connectivity index (χ1) is 10.9. The van der Waals surface area contributed by atoms with Crippen molar-refractivity contribution in [2.75, 3.05) is 5.43 Å². The zero-order chi connectivity index (χ0) is 16.4. The third kappa shape index (κ3) is 3.59. The highest BCUT2D eigenvalue weighted by Crippen LogP contribution is 2.25. The standard InChI is InChI=1S/C19H21N3S/c1-13(14-9-11-15(12-10-14)19(2,3)4)21-22-18-20-16-7-5-6-8-17(16)23-18/h5-12H,1-4H3,(H,20,22)/b21-13-. The lowest BCUT2D eigenvalue weighted by atomic mass is 9.86. The number of para-hydroxylation sites is 1. The summed E-state index contributed by atoms with van der Waals surface area (Å²) in [6.45, 7) is 8.67. The average Bonchev–Trinajstić information content (AvgIpc) is 2.95. The summed E-state index contributed by atoms with van der Waals surface area (Å²) in [7, 11) is 0. The van der Waals surface area contributed by atoms with E-state index in [1.165, 1.54) is 5.56 Å². The van der Waals surface area contributed by atoms with Crippen molar-refractivity contribution in [2.45, 2.75) is 33.1 Å². The molecule has 23 heavy (non-hydrogen) atoms. The van der Waals surface area contributed by atoms with E-state index in [4.69, 9.17) is 0 Å². The van der Waals surface area contributed by atoms with Crippen LogP contribution in [0.5, 0.6) is 0 Å². The molecule has 1 heterocycles. The Morgan fingerprint density at radius 1 is 1.04 bits per heavy atom. The molecule has 0 aliphatic carbocycles. The van der Waals surface area contributed by atoms with Crippen molar-refractivity contribution in [3.8, 4) is 0 Å². The van der Waals surface area contributed by atoms with Crippen LogP contribution >= 0.6 is 11.3 Å². The van der Waals surface area contributed by atoms with Gasteiger partial charge < -0.3 is 0 Å². The Bertz CT molecular complexity index is 806. The number of aromatic nitrogens is 1. The predicted octanol–water partition coefficient (Wildman–Crippen LogP) is 5.43. The molecule has 2 aromatic carbocycles. The summed E-state index contributed by atoms with van der Waals surface area (Å²) < 4.78 is 1.16. The minimum atomic E-state index is 0.169. The summed E-state index contributed by atoms with van der Waals surface area (Å²) in [5, 5.41) is 5.28. The van der Waals surface area contributed by atoms with Crippen molar-refractivity contribution in [1.29, 1.82) is 0 Å². The Hall–Kier alpha value is -2.20. The van der Waals surface area contributed by atoms with Gasteiger partial charge in [0.1, 0.15) is 0 Å². The highest BCUT2D eigenvalue weighted by atomic mass is 32.1. The number of benzene rings is 2. The minimum Gasteiger partial charge on any atom is -0.252 e. The van der Waals surface area contributed by atoms with E-state index in [-0.39, 0.29) is 5.41 Å². The lowest BCUT2D eigenvalue weighted by molar-refractivity contribution is 0.590. The molecule has 0 unspecified atom stereocenters. The Balaban J connectivity index is 1.76. The minimum absolute atomic E-state index is 0.169. The molecule has 3 aromatic rings. The van der Waals surface area contributed by atoms with E-state index in [2.05, 4.69) is 66.6 Å². The van der Waals surface area contributed by atoms with Crippen molar-refractivity contribution in [2.24, 2.45) is 5.10 Å². The number of anilines is 1. The fourth-order valence-corrected chi connectivity index (χ4v) is 3.14. The number of rotatable bonds is 3. The summed E-state index contributed by atoms with van der Waals surface area (Å²) in [5.41, 5.74) is 7.64. The molecule has 0 bridgehead atoms. The largest absolute Gasteiger partial charge is 0.252 e. The molecule has 4 heteroatoms. The number of hydrazone groups is 1. The predicted molar refractivity (Wildman–Crippen MR) is 101 cm³/mol. The van der Waals surface area contributed by atoms with Gasteiger partial charge in [-0.25, -0.2) is 4.98 Å². The molecule has 118 valence electrons. The van der Waals surface area contributed by atoms with Crippen LogP contribution in [-0.4, -0.2) is 10.7 Å². The molecule has 0 saturated carbocycles. The molecule has 0 amide bonds. The Kier molecular flexibility index (Phi) is 4.18. The summed E-state index contributed by atoms with van der Waals surface area (Å²) in [6, 6.07) is 16.7. The average molecular weight is 323 g/mol. The van der Waals surface area contributed by atoms with Gasteiger partial charge in [0.05, 0.1) is 15.9 Å². The fraction of sp³-hybridized carbons (Fsp3) is 0.263. The highest BCUT2D eigenvalue weighted by Gasteiger charge is 2.13. The van der Waals surface area contributed by atoms with Crippen LogP contribution in [0.2, 0.25) is 0 Å². The van der Waals surface area contributed by atoms with Crippen LogP contribution in [0.15, 0.2) is 53.6 Å². The molecule has 0 aliphatic rings. The molecule has 1 aromatic heterocycles. The summed E-state index contributed by atoms with van der Waals surface area (Å²) >= 11 is 1.61. The van der Waals surface area contributed by atoms with E-state index in [1.54, 1.807) is 11.3 Å². The molecule has 1 N–H and O–H groups in total. The van der Waals surface area contributed by atoms with Gasteiger partial charge in [0.2, 0.25) is 5.13 Å². The maximum Gasteiger partial charge on any atom is 0.204 e. The second kappa shape index (κ2) is 6.13. The summed E-state index contributed by atoms with van der Waals surface area (Å²) in [6.07, 6.45) is 0. The van der Waals surface area contributed by atoms with Gasteiger partial charge >= 0.3 is 0 Å². The van der Waals surface area contributed by atoms with Gasteiger partial charge in [0, 0.05) is 0 Å². The van der Waals surface area contributed by atoms with Gasteiger partial charge in [0.25, 0.3) is 0 Å². The van der Waals surface area contributed by atoms with Crippen LogP contribution in [0.4, 0.5) is 5.13 Å². The molecule has 0 saturated heterocycles. The first-order valence-electron chi connectivity index (χ1n) is 7.70. The van der Waals surface area contributed by atoms with Gasteiger partial charge in [-0.15, -0.1) is 0 Å². The van der Waals surface area contributed by atoms with E-state index in [0.29, 0.717) is 0 Å². The van der Waals surface area contributed by atoms with E-state index in [1.807, 2.05) is 25.1 Å². The maximum atomic E-state index is 4.53. The topological polar surface area (TPSA) is 37.3 Å². The second-order valence-corrected chi connectivity index (χ2v) is 7.65. The van der Waals surface area contributed by atoms with Crippen LogP contribution in [0.1, 0.15) is 38.8 Å². The molecule has 0 atom stereocenters. The fourth-order valence-electron chi connectivity index (χ4n) is 2.33. The zero-order valence-corrected chi connectivity index (χ0v) is 14.7. The third-order valence-corrected chi connectivity index (χ3v) is 4.72. The maximum absolute atomic E-state index is 4.53. The number of hydrogen-bond donors (Lipinski definition) is 1. The van der Waals surface area contributed by atoms with E-state index in [0.717, 1.165) is 26.6 Å². The number of fused-ring (bicyclic) bond motifs is 1. The third-order valence-electron chi connectivity index (χ3n) is 3.78. The van der Waals surface area contributed by atoms with Gasteiger partial charge in [0.15, 0.2) is 0 Å². The Morgan fingerprint density at radius 2 is 1.74 bits per heavy atom. The lowest BCUT2D eigenvalue weighted by Gasteiger charge is -2.19. The molecule has 3 nitrogen and oxygen atoms in total.